The van der Waals surface area contributed by atoms with Gasteiger partial charge in [0, 0.05) is 13.1 Å². The Kier molecular flexibility index (Phi) is 4.86. The topological polar surface area (TPSA) is 58.4 Å². The van der Waals surface area contributed by atoms with Gasteiger partial charge < -0.3 is 16.0 Å². The minimum absolute atomic E-state index is 0.221. The van der Waals surface area contributed by atoms with Crippen molar-refractivity contribution in [2.45, 2.75) is 25.3 Å². The molecule has 0 aromatic heterocycles. The lowest BCUT2D eigenvalue weighted by Crippen LogP contribution is -2.61. The Morgan fingerprint density at radius 3 is 2.62 bits per heavy atom. The van der Waals surface area contributed by atoms with Gasteiger partial charge in [0.05, 0.1) is 21.1 Å². The highest BCUT2D eigenvalue weighted by molar-refractivity contribution is 7.80. The van der Waals surface area contributed by atoms with Crippen LogP contribution in [0.5, 0.6) is 0 Å². The van der Waals surface area contributed by atoms with Crippen LogP contribution in [-0.2, 0) is 0 Å². The van der Waals surface area contributed by atoms with E-state index in [1.807, 2.05) is 26.1 Å². The Morgan fingerprint density at radius 1 is 1.43 bits per heavy atom. The second-order valence-electron chi connectivity index (χ2n) is 5.64. The number of nitrogens with one attached hydrogen (secondary N) is 1. The van der Waals surface area contributed by atoms with Gasteiger partial charge in [0.1, 0.15) is 0 Å². The van der Waals surface area contributed by atoms with E-state index in [2.05, 4.69) is 10.2 Å². The number of likely N-dealkylation sites (tertiary alicyclic amines) is 1. The van der Waals surface area contributed by atoms with Crippen LogP contribution in [-0.4, -0.2) is 41.5 Å². The summed E-state index contributed by atoms with van der Waals surface area (Å²) in [5, 5.41) is 3.49. The fourth-order valence-corrected chi connectivity index (χ4v) is 3.01. The minimum atomic E-state index is -0.619. The van der Waals surface area contributed by atoms with E-state index < -0.39 is 5.54 Å². The third-order valence-electron chi connectivity index (χ3n) is 4.10. The molecule has 1 amide bonds. The van der Waals surface area contributed by atoms with Crippen molar-refractivity contribution in [3.63, 3.8) is 0 Å². The molecule has 0 unspecified atom stereocenters. The van der Waals surface area contributed by atoms with E-state index >= 15 is 0 Å². The maximum atomic E-state index is 12.6. The number of rotatable bonds is 3. The first-order valence-electron chi connectivity index (χ1n) is 6.92. The Balaban J connectivity index is 2.23. The van der Waals surface area contributed by atoms with Crippen molar-refractivity contribution < 1.29 is 4.79 Å². The van der Waals surface area contributed by atoms with Crippen LogP contribution < -0.4 is 11.1 Å². The van der Waals surface area contributed by atoms with Crippen LogP contribution in [0.4, 0.5) is 0 Å². The van der Waals surface area contributed by atoms with E-state index in [0.29, 0.717) is 28.4 Å². The number of thiocarbonyl (C=S) groups is 1. The number of carbonyl (C=O) groups excluding carboxylic acids is 1. The van der Waals surface area contributed by atoms with Gasteiger partial charge in [-0.2, -0.15) is 0 Å². The predicted molar refractivity (Wildman–Crippen MR) is 89.9 cm³/mol. The van der Waals surface area contributed by atoms with Crippen LogP contribution in [0.1, 0.15) is 28.8 Å². The number of nitrogens with zero attached hydrogens (tertiary/aromatic N) is 1. The molecule has 2 rings (SSSR count). The highest BCUT2D eigenvalue weighted by Crippen LogP contribution is 2.25. The quantitative estimate of drug-likeness (QED) is 0.836. The second kappa shape index (κ2) is 6.30. The first-order chi connectivity index (χ1) is 9.85. The van der Waals surface area contributed by atoms with E-state index in [4.69, 9.17) is 29.6 Å². The van der Waals surface area contributed by atoms with Crippen molar-refractivity contribution >= 4 is 34.7 Å². The van der Waals surface area contributed by atoms with Gasteiger partial charge in [-0.05, 0) is 38.4 Å². The fraction of sp³-hybridized carbons (Fsp3) is 0.467. The lowest BCUT2D eigenvalue weighted by atomic mass is 9.87. The van der Waals surface area contributed by atoms with E-state index in [0.717, 1.165) is 18.7 Å². The fourth-order valence-electron chi connectivity index (χ4n) is 2.54. The standard InChI is InChI=1S/C15H20ClN3OS/c1-10-4-3-5-11(12(10)16)13(20)18-15(14(17)21)6-8-19(2)9-7-15/h3-5H,6-9H2,1-2H3,(H2,17,21)(H,18,20). The summed E-state index contributed by atoms with van der Waals surface area (Å²) < 4.78 is 0. The molecule has 21 heavy (non-hydrogen) atoms. The molecule has 114 valence electrons. The van der Waals surface area contributed by atoms with Gasteiger partial charge in [-0.25, -0.2) is 0 Å². The SMILES string of the molecule is Cc1cccc(C(=O)NC2(C(N)=S)CCN(C)CC2)c1Cl. The van der Waals surface area contributed by atoms with E-state index in [1.165, 1.54) is 0 Å². The lowest BCUT2D eigenvalue weighted by Gasteiger charge is -2.40. The number of hydrogen-bond acceptors (Lipinski definition) is 3. The minimum Gasteiger partial charge on any atom is -0.391 e. The van der Waals surface area contributed by atoms with Crippen LogP contribution in [0.3, 0.4) is 0 Å². The molecule has 0 bridgehead atoms. The highest BCUT2D eigenvalue weighted by Gasteiger charge is 2.38. The molecule has 1 aliphatic rings. The zero-order chi connectivity index (χ0) is 15.6. The van der Waals surface area contributed by atoms with Crippen molar-refractivity contribution in [1.29, 1.82) is 0 Å². The largest absolute Gasteiger partial charge is 0.391 e. The molecule has 1 aliphatic heterocycles. The molecular weight excluding hydrogens is 306 g/mol. The second-order valence-corrected chi connectivity index (χ2v) is 6.46. The number of nitrogens with two attached hydrogens (primary N) is 1. The Hall–Kier alpha value is -1.17. The maximum absolute atomic E-state index is 12.6. The maximum Gasteiger partial charge on any atom is 0.253 e. The van der Waals surface area contributed by atoms with E-state index in [-0.39, 0.29) is 5.91 Å². The third-order valence-corrected chi connectivity index (χ3v) is 4.99. The molecule has 0 radical (unpaired) electrons. The zero-order valence-electron chi connectivity index (χ0n) is 12.3. The molecular formula is C15H20ClN3OS. The molecule has 0 atom stereocenters. The third kappa shape index (κ3) is 3.36. The van der Waals surface area contributed by atoms with Crippen molar-refractivity contribution in [1.82, 2.24) is 10.2 Å². The normalized spacial score (nSPS) is 18.2. The van der Waals surface area contributed by atoms with Gasteiger partial charge in [0.25, 0.3) is 5.91 Å². The molecule has 6 heteroatoms. The molecule has 4 nitrogen and oxygen atoms in total. The first-order valence-corrected chi connectivity index (χ1v) is 7.70. The smallest absolute Gasteiger partial charge is 0.253 e. The molecule has 1 fully saturated rings. The number of carbonyl (C=O) groups is 1. The summed E-state index contributed by atoms with van der Waals surface area (Å²) in [4.78, 5) is 15.1. The summed E-state index contributed by atoms with van der Waals surface area (Å²) in [6, 6.07) is 5.41. The van der Waals surface area contributed by atoms with Gasteiger partial charge in [0.2, 0.25) is 0 Å². The summed E-state index contributed by atoms with van der Waals surface area (Å²) in [6.07, 6.45) is 1.43. The molecule has 1 aromatic rings. The molecule has 0 saturated carbocycles. The summed E-state index contributed by atoms with van der Waals surface area (Å²) in [7, 11) is 2.04. The van der Waals surface area contributed by atoms with Gasteiger partial charge >= 0.3 is 0 Å². The molecule has 1 aromatic carbocycles. The highest BCUT2D eigenvalue weighted by atomic mass is 35.5. The van der Waals surface area contributed by atoms with Crippen molar-refractivity contribution in [3.05, 3.63) is 34.3 Å². The van der Waals surface area contributed by atoms with Crippen LogP contribution in [0.2, 0.25) is 5.02 Å². The molecule has 1 heterocycles. The summed E-state index contributed by atoms with van der Waals surface area (Å²) in [5.41, 5.74) is 6.62. The Morgan fingerprint density at radius 2 is 2.05 bits per heavy atom. The average Bonchev–Trinajstić information content (AvgIpc) is 2.44. The summed E-state index contributed by atoms with van der Waals surface area (Å²) in [6.45, 7) is 3.57. The molecule has 0 aliphatic carbocycles. The molecule has 3 N–H and O–H groups in total. The predicted octanol–water partition coefficient (Wildman–Crippen LogP) is 2.13. The van der Waals surface area contributed by atoms with Crippen LogP contribution in [0.15, 0.2) is 18.2 Å². The number of piperidine rings is 1. The van der Waals surface area contributed by atoms with Gasteiger partial charge in [-0.1, -0.05) is 36.0 Å². The number of amides is 1. The number of halogens is 1. The summed E-state index contributed by atoms with van der Waals surface area (Å²) in [5.74, 6) is -0.221. The van der Waals surface area contributed by atoms with Gasteiger partial charge in [0.15, 0.2) is 0 Å². The van der Waals surface area contributed by atoms with E-state index in [1.54, 1.807) is 6.07 Å². The molecule has 0 spiro atoms. The number of benzene rings is 1. The average molecular weight is 326 g/mol. The van der Waals surface area contributed by atoms with Crippen molar-refractivity contribution in [2.75, 3.05) is 20.1 Å². The van der Waals surface area contributed by atoms with Gasteiger partial charge in [-0.15, -0.1) is 0 Å². The van der Waals surface area contributed by atoms with Crippen LogP contribution in [0, 0.1) is 6.92 Å². The molecule has 1 saturated heterocycles. The van der Waals surface area contributed by atoms with E-state index in [9.17, 15) is 4.79 Å². The Labute approximate surface area is 135 Å². The van der Waals surface area contributed by atoms with Crippen LogP contribution >= 0.6 is 23.8 Å². The van der Waals surface area contributed by atoms with Crippen molar-refractivity contribution in [3.8, 4) is 0 Å². The van der Waals surface area contributed by atoms with Crippen LogP contribution in [0.25, 0.3) is 0 Å². The number of hydrogen-bond donors (Lipinski definition) is 2. The zero-order valence-corrected chi connectivity index (χ0v) is 13.9. The first kappa shape index (κ1) is 16.2. The Bertz CT molecular complexity index is 568. The lowest BCUT2D eigenvalue weighted by molar-refractivity contribution is 0.0890. The number of aryl methyl sites for hydroxylation is 1. The van der Waals surface area contributed by atoms with Crippen molar-refractivity contribution in [2.24, 2.45) is 5.73 Å². The monoisotopic (exact) mass is 325 g/mol. The van der Waals surface area contributed by atoms with Gasteiger partial charge in [-0.3, -0.25) is 4.79 Å². The summed E-state index contributed by atoms with van der Waals surface area (Å²) >= 11 is 11.4.